The van der Waals surface area contributed by atoms with Crippen molar-refractivity contribution in [3.8, 4) is 23.0 Å². The van der Waals surface area contributed by atoms with Gasteiger partial charge in [-0.3, -0.25) is 14.2 Å². The molecule has 2 aromatic carbocycles. The number of allylic oxidation sites excluding steroid dienone is 1. The first-order chi connectivity index (χ1) is 18.8. The van der Waals surface area contributed by atoms with Crippen LogP contribution in [0.4, 0.5) is 0 Å². The summed E-state index contributed by atoms with van der Waals surface area (Å²) < 4.78 is 24.2. The second kappa shape index (κ2) is 11.8. The van der Waals surface area contributed by atoms with Crippen molar-refractivity contribution in [1.82, 2.24) is 9.47 Å². The molecule has 1 atom stereocenters. The molecule has 0 unspecified atom stereocenters. The third kappa shape index (κ3) is 5.04. The van der Waals surface area contributed by atoms with E-state index < -0.39 is 6.04 Å². The lowest BCUT2D eigenvalue weighted by molar-refractivity contribution is -0.127. The number of hydrogen-bond acceptors (Lipinski definition) is 8. The van der Waals surface area contributed by atoms with Crippen molar-refractivity contribution >= 4 is 23.3 Å². The van der Waals surface area contributed by atoms with Gasteiger partial charge in [-0.25, -0.2) is 4.99 Å². The summed E-state index contributed by atoms with van der Waals surface area (Å²) >= 11 is 1.25. The number of benzene rings is 2. The minimum Gasteiger partial charge on any atom is -0.497 e. The molecule has 0 N–H and O–H groups in total. The standard InChI is InChI=1S/C29H33N3O6S/c1-8-31(9-2)28(34)24-17(3)30-29-32(25(24)20-16-19(35-4)13-14-21(20)36-5)27(33)23(39-29)15-18-11-10-12-22(37-6)26(18)38-7/h10-16,25H,8-9H2,1-7H3/b23-15+/t25-/m1/s1. The van der Waals surface area contributed by atoms with E-state index in [-0.39, 0.29) is 11.5 Å². The van der Waals surface area contributed by atoms with Crippen molar-refractivity contribution in [1.29, 1.82) is 0 Å². The molecule has 39 heavy (non-hydrogen) atoms. The number of nitrogens with zero attached hydrogens (tertiary/aromatic N) is 3. The van der Waals surface area contributed by atoms with Crippen molar-refractivity contribution in [3.05, 3.63) is 78.5 Å². The summed E-state index contributed by atoms with van der Waals surface area (Å²) in [6.07, 6.45) is 1.76. The first-order valence-corrected chi connectivity index (χ1v) is 13.4. The number of fused-ring (bicyclic) bond motifs is 1. The van der Waals surface area contributed by atoms with E-state index in [2.05, 4.69) is 0 Å². The smallest absolute Gasteiger partial charge is 0.271 e. The highest BCUT2D eigenvalue weighted by Crippen LogP contribution is 2.38. The number of hydrogen-bond donors (Lipinski definition) is 0. The number of para-hydroxylation sites is 1. The van der Waals surface area contributed by atoms with Crippen molar-refractivity contribution in [3.63, 3.8) is 0 Å². The van der Waals surface area contributed by atoms with Gasteiger partial charge >= 0.3 is 0 Å². The molecule has 0 aliphatic carbocycles. The van der Waals surface area contributed by atoms with Crippen molar-refractivity contribution in [2.24, 2.45) is 4.99 Å². The van der Waals surface area contributed by atoms with Gasteiger partial charge in [-0.1, -0.05) is 23.5 Å². The number of aromatic nitrogens is 1. The molecule has 4 rings (SSSR count). The average molecular weight is 552 g/mol. The van der Waals surface area contributed by atoms with Crippen LogP contribution in [0, 0.1) is 0 Å². The number of carbonyl (C=O) groups excluding carboxylic acids is 1. The lowest BCUT2D eigenvalue weighted by Gasteiger charge is -2.30. The number of methoxy groups -OCH3 is 4. The fourth-order valence-corrected chi connectivity index (χ4v) is 5.83. The summed E-state index contributed by atoms with van der Waals surface area (Å²) in [6, 6.07) is 10.1. The van der Waals surface area contributed by atoms with Gasteiger partial charge in [-0.2, -0.15) is 0 Å². The third-order valence-corrected chi connectivity index (χ3v) is 7.74. The van der Waals surface area contributed by atoms with E-state index in [0.717, 1.165) is 0 Å². The molecular weight excluding hydrogens is 518 g/mol. The first kappa shape index (κ1) is 28.0. The van der Waals surface area contributed by atoms with Gasteiger partial charge in [-0.05, 0) is 51.1 Å². The van der Waals surface area contributed by atoms with Gasteiger partial charge in [0, 0.05) is 24.2 Å². The van der Waals surface area contributed by atoms with Crippen LogP contribution in [-0.4, -0.2) is 56.9 Å². The van der Waals surface area contributed by atoms with Crippen LogP contribution >= 0.6 is 11.3 Å². The highest BCUT2D eigenvalue weighted by atomic mass is 32.1. The summed E-state index contributed by atoms with van der Waals surface area (Å²) in [5, 5.41) is 0. The zero-order chi connectivity index (χ0) is 28.3. The molecule has 206 valence electrons. The molecule has 1 aliphatic rings. The molecule has 0 radical (unpaired) electrons. The zero-order valence-corrected chi connectivity index (χ0v) is 24.0. The van der Waals surface area contributed by atoms with Crippen LogP contribution in [0.1, 0.15) is 37.9 Å². The maximum absolute atomic E-state index is 14.1. The minimum atomic E-state index is -0.770. The van der Waals surface area contributed by atoms with Crippen molar-refractivity contribution in [2.75, 3.05) is 41.5 Å². The molecule has 0 bridgehead atoms. The number of carbonyl (C=O) groups is 1. The predicted octanol–water partition coefficient (Wildman–Crippen LogP) is 3.14. The summed E-state index contributed by atoms with van der Waals surface area (Å²) in [7, 11) is 6.25. The summed E-state index contributed by atoms with van der Waals surface area (Å²) in [5.41, 5.74) is 2.01. The number of amides is 1. The molecule has 0 saturated carbocycles. The largest absolute Gasteiger partial charge is 0.497 e. The Morgan fingerprint density at radius 1 is 1.03 bits per heavy atom. The first-order valence-electron chi connectivity index (χ1n) is 12.6. The molecule has 1 aliphatic heterocycles. The van der Waals surface area contributed by atoms with E-state index in [4.69, 9.17) is 23.9 Å². The molecule has 2 heterocycles. The molecule has 1 aromatic heterocycles. The maximum Gasteiger partial charge on any atom is 0.271 e. The van der Waals surface area contributed by atoms with Crippen LogP contribution in [0.2, 0.25) is 0 Å². The van der Waals surface area contributed by atoms with E-state index >= 15 is 0 Å². The Morgan fingerprint density at radius 2 is 1.74 bits per heavy atom. The number of thiazole rings is 1. The molecule has 0 spiro atoms. The molecular formula is C29H33N3O6S. The molecule has 0 fully saturated rings. The van der Waals surface area contributed by atoms with Crippen LogP contribution in [0.5, 0.6) is 23.0 Å². The SMILES string of the molecule is CCN(CC)C(=O)C1=C(C)N=c2s/c(=C/c3cccc(OC)c3OC)c(=O)n2[C@@H]1c1cc(OC)ccc1OC. The Labute approximate surface area is 231 Å². The van der Waals surface area contributed by atoms with E-state index in [9.17, 15) is 9.59 Å². The van der Waals surface area contributed by atoms with E-state index in [1.165, 1.54) is 11.3 Å². The Balaban J connectivity index is 2.04. The maximum atomic E-state index is 14.1. The number of ether oxygens (including phenoxy) is 4. The molecule has 3 aromatic rings. The Hall–Kier alpha value is -4.05. The summed E-state index contributed by atoms with van der Waals surface area (Å²) in [6.45, 7) is 6.70. The monoisotopic (exact) mass is 551 g/mol. The Kier molecular flexibility index (Phi) is 8.44. The Morgan fingerprint density at radius 3 is 2.36 bits per heavy atom. The van der Waals surface area contributed by atoms with Crippen molar-refractivity contribution in [2.45, 2.75) is 26.8 Å². The van der Waals surface area contributed by atoms with Gasteiger partial charge in [0.05, 0.1) is 44.2 Å². The minimum absolute atomic E-state index is 0.181. The van der Waals surface area contributed by atoms with Crippen LogP contribution in [0.15, 0.2) is 57.5 Å². The van der Waals surface area contributed by atoms with Gasteiger partial charge in [0.1, 0.15) is 17.5 Å². The highest BCUT2D eigenvalue weighted by molar-refractivity contribution is 7.07. The average Bonchev–Trinajstić information content (AvgIpc) is 3.26. The van der Waals surface area contributed by atoms with Crippen LogP contribution < -0.4 is 33.8 Å². The third-order valence-electron chi connectivity index (χ3n) is 6.75. The van der Waals surface area contributed by atoms with Gasteiger partial charge in [0.2, 0.25) is 0 Å². The zero-order valence-electron chi connectivity index (χ0n) is 23.2. The van der Waals surface area contributed by atoms with E-state index in [1.807, 2.05) is 26.0 Å². The lowest BCUT2D eigenvalue weighted by atomic mass is 9.93. The number of rotatable bonds is 9. The fraction of sp³-hybridized carbons (Fsp3) is 0.345. The van der Waals surface area contributed by atoms with Crippen LogP contribution in [0.25, 0.3) is 6.08 Å². The lowest BCUT2D eigenvalue weighted by Crippen LogP contribution is -2.43. The Bertz CT molecular complexity index is 1600. The fourth-order valence-electron chi connectivity index (χ4n) is 4.79. The number of likely N-dealkylation sites (N-methyl/N-ethyl adjacent to an activating group) is 1. The van der Waals surface area contributed by atoms with Gasteiger partial charge in [-0.15, -0.1) is 0 Å². The second-order valence-electron chi connectivity index (χ2n) is 8.75. The summed E-state index contributed by atoms with van der Waals surface area (Å²) in [5.74, 6) is 2.01. The van der Waals surface area contributed by atoms with Gasteiger partial charge in [0.15, 0.2) is 16.3 Å². The molecule has 0 saturated heterocycles. The van der Waals surface area contributed by atoms with Gasteiger partial charge in [0.25, 0.3) is 11.5 Å². The topological polar surface area (TPSA) is 91.6 Å². The highest BCUT2D eigenvalue weighted by Gasteiger charge is 2.36. The summed E-state index contributed by atoms with van der Waals surface area (Å²) in [4.78, 5) is 34.9. The normalized spacial score (nSPS) is 14.9. The van der Waals surface area contributed by atoms with Crippen LogP contribution in [-0.2, 0) is 4.79 Å². The van der Waals surface area contributed by atoms with E-state index in [0.29, 0.717) is 67.8 Å². The molecule has 9 nitrogen and oxygen atoms in total. The van der Waals surface area contributed by atoms with E-state index in [1.54, 1.807) is 75.2 Å². The molecule has 10 heteroatoms. The quantitative estimate of drug-likeness (QED) is 0.406. The van der Waals surface area contributed by atoms with Crippen molar-refractivity contribution < 1.29 is 23.7 Å². The predicted molar refractivity (Wildman–Crippen MR) is 151 cm³/mol. The van der Waals surface area contributed by atoms with Gasteiger partial charge < -0.3 is 23.8 Å². The second-order valence-corrected chi connectivity index (χ2v) is 9.76. The van der Waals surface area contributed by atoms with Crippen LogP contribution in [0.3, 0.4) is 0 Å². The molecule has 1 amide bonds.